The zero-order chi connectivity index (χ0) is 14.4. The summed E-state index contributed by atoms with van der Waals surface area (Å²) in [6.07, 6.45) is 0.517. The first kappa shape index (κ1) is 14.3. The molecule has 2 N–H and O–H groups in total. The Labute approximate surface area is 112 Å². The van der Waals surface area contributed by atoms with Crippen LogP contribution >= 0.6 is 0 Å². The summed E-state index contributed by atoms with van der Waals surface area (Å²) in [5.41, 5.74) is 0.145. The molecule has 1 aliphatic heterocycles. The summed E-state index contributed by atoms with van der Waals surface area (Å²) in [6.45, 7) is 5.28. The minimum absolute atomic E-state index is 0.297. The van der Waals surface area contributed by atoms with Crippen molar-refractivity contribution in [1.29, 1.82) is 0 Å². The molecule has 0 radical (unpaired) electrons. The third-order valence-electron chi connectivity index (χ3n) is 3.56. The van der Waals surface area contributed by atoms with Crippen LogP contribution in [-0.2, 0) is 10.0 Å². The molecule has 2 rings (SSSR count). The maximum Gasteiger partial charge on any atom is 0.212 e. The second-order valence-corrected chi connectivity index (χ2v) is 7.57. The molecular formula is C13H18FNO3S. The number of benzene rings is 1. The summed E-state index contributed by atoms with van der Waals surface area (Å²) in [5.74, 6) is -0.301. The van der Waals surface area contributed by atoms with Gasteiger partial charge in [0.2, 0.25) is 10.0 Å². The van der Waals surface area contributed by atoms with Crippen LogP contribution in [0.4, 0.5) is 4.39 Å². The fraction of sp³-hybridized carbons (Fsp3) is 0.538. The largest absolute Gasteiger partial charge is 0.487 e. The van der Waals surface area contributed by atoms with Crippen molar-refractivity contribution in [2.75, 3.05) is 0 Å². The summed E-state index contributed by atoms with van der Waals surface area (Å²) in [7, 11) is -3.65. The Hall–Kier alpha value is -1.14. The minimum Gasteiger partial charge on any atom is -0.487 e. The van der Waals surface area contributed by atoms with E-state index in [1.165, 1.54) is 12.1 Å². The summed E-state index contributed by atoms with van der Waals surface area (Å²) < 4.78 is 42.2. The highest BCUT2D eigenvalue weighted by atomic mass is 32.2. The van der Waals surface area contributed by atoms with E-state index >= 15 is 0 Å². The summed E-state index contributed by atoms with van der Waals surface area (Å²) >= 11 is 0. The van der Waals surface area contributed by atoms with Crippen LogP contribution in [0.25, 0.3) is 0 Å². The number of ether oxygens (including phenoxy) is 1. The number of primary sulfonamides is 1. The third-order valence-corrected chi connectivity index (χ3v) is 4.92. The number of sulfonamides is 1. The van der Waals surface area contributed by atoms with E-state index in [2.05, 4.69) is 0 Å². The lowest BCUT2D eigenvalue weighted by molar-refractivity contribution is 0.0712. The minimum atomic E-state index is -3.65. The summed E-state index contributed by atoms with van der Waals surface area (Å²) in [6, 6.07) is 4.18. The van der Waals surface area contributed by atoms with Crippen LogP contribution in [0.15, 0.2) is 18.2 Å². The molecule has 6 heteroatoms. The monoisotopic (exact) mass is 287 g/mol. The van der Waals surface area contributed by atoms with Gasteiger partial charge in [0.1, 0.15) is 17.2 Å². The van der Waals surface area contributed by atoms with E-state index in [-0.39, 0.29) is 5.92 Å². The van der Waals surface area contributed by atoms with E-state index in [1.807, 2.05) is 13.8 Å². The van der Waals surface area contributed by atoms with E-state index in [0.717, 1.165) is 0 Å². The average molecular weight is 287 g/mol. The molecule has 1 heterocycles. The van der Waals surface area contributed by atoms with Crippen molar-refractivity contribution in [2.24, 2.45) is 5.14 Å². The van der Waals surface area contributed by atoms with Crippen LogP contribution in [0, 0.1) is 5.82 Å². The van der Waals surface area contributed by atoms with Gasteiger partial charge in [-0.05, 0) is 38.8 Å². The highest BCUT2D eigenvalue weighted by Gasteiger charge is 2.39. The molecule has 0 bridgehead atoms. The standard InChI is InChI=1S/C13H18FNO3S/c1-8(19(15,16)17)11-7-13(2,3)18-12-6-9(14)4-5-10(11)12/h4-6,8,11H,7H2,1-3H3,(H2,15,16,17)/t8-,11+/m0/s1. The van der Waals surface area contributed by atoms with E-state index in [4.69, 9.17) is 9.88 Å². The topological polar surface area (TPSA) is 69.4 Å². The van der Waals surface area contributed by atoms with Crippen molar-refractivity contribution in [3.05, 3.63) is 29.6 Å². The Morgan fingerprint density at radius 3 is 2.68 bits per heavy atom. The van der Waals surface area contributed by atoms with Crippen molar-refractivity contribution in [1.82, 2.24) is 0 Å². The van der Waals surface area contributed by atoms with Crippen LogP contribution in [0.5, 0.6) is 5.75 Å². The predicted octanol–water partition coefficient (Wildman–Crippen LogP) is 2.15. The van der Waals surface area contributed by atoms with Crippen molar-refractivity contribution in [3.8, 4) is 5.75 Å². The predicted molar refractivity (Wildman–Crippen MR) is 71.0 cm³/mol. The molecule has 4 nitrogen and oxygen atoms in total. The van der Waals surface area contributed by atoms with Crippen LogP contribution in [0.3, 0.4) is 0 Å². The Bertz CT molecular complexity index is 598. The molecule has 0 amide bonds. The first-order valence-electron chi connectivity index (χ1n) is 6.10. The Balaban J connectivity index is 2.52. The van der Waals surface area contributed by atoms with E-state index in [9.17, 15) is 12.8 Å². The molecule has 1 aromatic rings. The molecule has 0 spiro atoms. The van der Waals surface area contributed by atoms with Gasteiger partial charge in [-0.2, -0.15) is 0 Å². The van der Waals surface area contributed by atoms with Crippen LogP contribution < -0.4 is 9.88 Å². The van der Waals surface area contributed by atoms with Gasteiger partial charge >= 0.3 is 0 Å². The molecule has 2 atom stereocenters. The van der Waals surface area contributed by atoms with Crippen LogP contribution in [0.2, 0.25) is 0 Å². The van der Waals surface area contributed by atoms with Gasteiger partial charge in [0.15, 0.2) is 0 Å². The highest BCUT2D eigenvalue weighted by molar-refractivity contribution is 7.89. The van der Waals surface area contributed by atoms with Gasteiger partial charge in [0, 0.05) is 12.0 Å². The van der Waals surface area contributed by atoms with Gasteiger partial charge in [-0.1, -0.05) is 6.07 Å². The van der Waals surface area contributed by atoms with E-state index < -0.39 is 26.7 Å². The summed E-state index contributed by atoms with van der Waals surface area (Å²) in [5, 5.41) is 4.51. The first-order valence-corrected chi connectivity index (χ1v) is 7.71. The Morgan fingerprint density at radius 2 is 2.11 bits per heavy atom. The smallest absolute Gasteiger partial charge is 0.212 e. The second kappa shape index (κ2) is 4.45. The average Bonchev–Trinajstić information content (AvgIpc) is 2.23. The molecule has 0 saturated heterocycles. The molecule has 106 valence electrons. The van der Waals surface area contributed by atoms with Gasteiger partial charge in [-0.3, -0.25) is 0 Å². The Kier molecular flexibility index (Phi) is 3.35. The lowest BCUT2D eigenvalue weighted by Crippen LogP contribution is -2.41. The van der Waals surface area contributed by atoms with Crippen LogP contribution in [-0.4, -0.2) is 19.3 Å². The van der Waals surface area contributed by atoms with Crippen LogP contribution in [0.1, 0.15) is 38.7 Å². The van der Waals surface area contributed by atoms with Gasteiger partial charge in [0.05, 0.1) is 5.25 Å². The fourth-order valence-electron chi connectivity index (χ4n) is 2.53. The number of halogens is 1. The van der Waals surface area contributed by atoms with E-state index in [0.29, 0.717) is 17.7 Å². The quantitative estimate of drug-likeness (QED) is 0.906. The third kappa shape index (κ3) is 2.90. The molecule has 0 unspecified atom stereocenters. The van der Waals surface area contributed by atoms with Crippen molar-refractivity contribution < 1.29 is 17.5 Å². The fourth-order valence-corrected chi connectivity index (χ4v) is 3.23. The summed E-state index contributed by atoms with van der Waals surface area (Å²) in [4.78, 5) is 0. The number of hydrogen-bond donors (Lipinski definition) is 1. The number of nitrogens with two attached hydrogens (primary N) is 1. The maximum atomic E-state index is 13.3. The molecule has 19 heavy (non-hydrogen) atoms. The molecule has 0 aromatic heterocycles. The van der Waals surface area contributed by atoms with Crippen molar-refractivity contribution in [2.45, 2.75) is 44.0 Å². The Morgan fingerprint density at radius 1 is 1.47 bits per heavy atom. The molecule has 0 saturated carbocycles. The lowest BCUT2D eigenvalue weighted by Gasteiger charge is -2.39. The highest BCUT2D eigenvalue weighted by Crippen LogP contribution is 2.43. The van der Waals surface area contributed by atoms with Gasteiger partial charge in [-0.25, -0.2) is 17.9 Å². The molecule has 1 aliphatic rings. The van der Waals surface area contributed by atoms with Gasteiger partial charge in [0.25, 0.3) is 0 Å². The van der Waals surface area contributed by atoms with Gasteiger partial charge in [-0.15, -0.1) is 0 Å². The molecule has 1 aromatic carbocycles. The number of rotatable bonds is 2. The van der Waals surface area contributed by atoms with Crippen molar-refractivity contribution in [3.63, 3.8) is 0 Å². The zero-order valence-corrected chi connectivity index (χ0v) is 12.0. The lowest BCUT2D eigenvalue weighted by atomic mass is 9.82. The molecule has 0 aliphatic carbocycles. The first-order chi connectivity index (χ1) is 8.60. The van der Waals surface area contributed by atoms with Gasteiger partial charge < -0.3 is 4.74 Å². The van der Waals surface area contributed by atoms with E-state index in [1.54, 1.807) is 13.0 Å². The zero-order valence-electron chi connectivity index (χ0n) is 11.2. The normalized spacial score (nSPS) is 23.3. The number of hydrogen-bond acceptors (Lipinski definition) is 3. The number of fused-ring (bicyclic) bond motifs is 1. The molecule has 0 fully saturated rings. The second-order valence-electron chi connectivity index (χ2n) is 5.65. The molecular weight excluding hydrogens is 269 g/mol. The SMILES string of the molecule is C[C@@H]([C@H]1CC(C)(C)Oc2cc(F)ccc21)S(N)(=O)=O. The van der Waals surface area contributed by atoms with Crippen molar-refractivity contribution >= 4 is 10.0 Å². The maximum absolute atomic E-state index is 13.3.